The molecule has 0 spiro atoms. The number of aryl methyl sites for hydroxylation is 2. The van der Waals surface area contributed by atoms with Crippen molar-refractivity contribution in [1.82, 2.24) is 0 Å². The van der Waals surface area contributed by atoms with Crippen LogP contribution in [0.5, 0.6) is 0 Å². The summed E-state index contributed by atoms with van der Waals surface area (Å²) in [6.45, 7) is 3.06. The first-order valence-electron chi connectivity index (χ1n) is 7.47. The molecule has 0 fully saturated rings. The Morgan fingerprint density at radius 3 is 2.71 bits per heavy atom. The molecule has 0 aliphatic carbocycles. The van der Waals surface area contributed by atoms with Gasteiger partial charge in [-0.05, 0) is 61.6 Å². The summed E-state index contributed by atoms with van der Waals surface area (Å²) in [4.78, 5) is 2.39. The lowest BCUT2D eigenvalue weighted by molar-refractivity contribution is 0.761. The van der Waals surface area contributed by atoms with Crippen LogP contribution < -0.4 is 10.6 Å². The van der Waals surface area contributed by atoms with Crippen molar-refractivity contribution in [3.63, 3.8) is 0 Å². The molecule has 0 amide bonds. The minimum Gasteiger partial charge on any atom is -0.384 e. The molecule has 21 heavy (non-hydrogen) atoms. The predicted octanol–water partition coefficient (Wildman–Crippen LogP) is 3.75. The van der Waals surface area contributed by atoms with Crippen LogP contribution in [-0.2, 0) is 6.42 Å². The molecule has 108 valence electrons. The van der Waals surface area contributed by atoms with Gasteiger partial charge in [0.05, 0.1) is 0 Å². The average molecular weight is 279 g/mol. The van der Waals surface area contributed by atoms with E-state index in [1.165, 1.54) is 29.8 Å². The molecular formula is C18H21N3. The Morgan fingerprint density at radius 1 is 1.14 bits per heavy atom. The molecule has 0 saturated heterocycles. The highest BCUT2D eigenvalue weighted by atomic mass is 15.1. The summed E-state index contributed by atoms with van der Waals surface area (Å²) in [7, 11) is 0. The monoisotopic (exact) mass is 279 g/mol. The molecule has 0 saturated carbocycles. The van der Waals surface area contributed by atoms with Crippen LogP contribution in [-0.4, -0.2) is 12.4 Å². The first-order chi connectivity index (χ1) is 10.2. The molecule has 0 radical (unpaired) electrons. The van der Waals surface area contributed by atoms with Crippen molar-refractivity contribution in [2.45, 2.75) is 26.2 Å². The lowest BCUT2D eigenvalue weighted by atomic mass is 10.1. The Labute approximate surface area is 125 Å². The van der Waals surface area contributed by atoms with Gasteiger partial charge in [-0.2, -0.15) is 0 Å². The highest BCUT2D eigenvalue weighted by Gasteiger charge is 2.17. The quantitative estimate of drug-likeness (QED) is 0.649. The number of nitrogens with zero attached hydrogens (tertiary/aromatic N) is 1. The molecule has 0 unspecified atom stereocenters. The zero-order chi connectivity index (χ0) is 14.8. The number of fused-ring (bicyclic) bond motifs is 1. The van der Waals surface area contributed by atoms with E-state index in [0.29, 0.717) is 0 Å². The first-order valence-corrected chi connectivity index (χ1v) is 7.47. The molecule has 2 aromatic carbocycles. The van der Waals surface area contributed by atoms with E-state index in [1.54, 1.807) is 0 Å². The topological polar surface area (TPSA) is 53.1 Å². The second kappa shape index (κ2) is 5.60. The molecule has 1 aliphatic rings. The number of benzene rings is 2. The summed E-state index contributed by atoms with van der Waals surface area (Å²) < 4.78 is 0. The summed E-state index contributed by atoms with van der Waals surface area (Å²) in [5, 5.41) is 7.61. The standard InChI is InChI=1S/C18H21N3/c1-13-12-15(9-10-16(13)18(19)20)21-11-5-4-7-14-6-2-3-8-17(14)21/h2-3,6,8-10,12H,4-5,7,11H2,1H3,(H3,19,20). The highest BCUT2D eigenvalue weighted by Crippen LogP contribution is 2.33. The molecule has 1 heterocycles. The van der Waals surface area contributed by atoms with Gasteiger partial charge in [-0.3, -0.25) is 5.41 Å². The van der Waals surface area contributed by atoms with E-state index in [4.69, 9.17) is 11.1 Å². The number of hydrogen-bond acceptors (Lipinski definition) is 2. The summed E-state index contributed by atoms with van der Waals surface area (Å²) in [5.41, 5.74) is 11.4. The zero-order valence-electron chi connectivity index (χ0n) is 12.4. The third kappa shape index (κ3) is 2.64. The Bertz CT molecular complexity index is 676. The fourth-order valence-electron chi connectivity index (χ4n) is 3.08. The Morgan fingerprint density at radius 2 is 1.95 bits per heavy atom. The van der Waals surface area contributed by atoms with Crippen LogP contribution >= 0.6 is 0 Å². The molecular weight excluding hydrogens is 258 g/mol. The summed E-state index contributed by atoms with van der Waals surface area (Å²) in [6.07, 6.45) is 3.58. The maximum absolute atomic E-state index is 7.61. The lowest BCUT2D eigenvalue weighted by Gasteiger charge is -2.26. The van der Waals surface area contributed by atoms with Gasteiger partial charge in [0.2, 0.25) is 0 Å². The number of rotatable bonds is 2. The van der Waals surface area contributed by atoms with Gasteiger partial charge in [0.25, 0.3) is 0 Å². The first kappa shape index (κ1) is 13.7. The van der Waals surface area contributed by atoms with Crippen molar-refractivity contribution < 1.29 is 0 Å². The van der Waals surface area contributed by atoms with E-state index in [0.717, 1.165) is 24.1 Å². The molecule has 3 heteroatoms. The number of nitrogens with one attached hydrogen (secondary N) is 1. The van der Waals surface area contributed by atoms with E-state index in [-0.39, 0.29) is 5.84 Å². The van der Waals surface area contributed by atoms with Gasteiger partial charge in [-0.25, -0.2) is 0 Å². The van der Waals surface area contributed by atoms with Gasteiger partial charge >= 0.3 is 0 Å². The predicted molar refractivity (Wildman–Crippen MR) is 88.6 cm³/mol. The van der Waals surface area contributed by atoms with E-state index < -0.39 is 0 Å². The second-order valence-electron chi connectivity index (χ2n) is 5.65. The smallest absolute Gasteiger partial charge is 0.123 e. The van der Waals surface area contributed by atoms with E-state index in [9.17, 15) is 0 Å². The maximum Gasteiger partial charge on any atom is 0.123 e. The maximum atomic E-state index is 7.61. The van der Waals surface area contributed by atoms with Gasteiger partial charge in [0, 0.05) is 23.5 Å². The highest BCUT2D eigenvalue weighted by molar-refractivity contribution is 5.96. The second-order valence-corrected chi connectivity index (χ2v) is 5.65. The van der Waals surface area contributed by atoms with E-state index >= 15 is 0 Å². The average Bonchev–Trinajstić information content (AvgIpc) is 2.69. The number of para-hydroxylation sites is 1. The van der Waals surface area contributed by atoms with Crippen molar-refractivity contribution in [2.24, 2.45) is 5.73 Å². The molecule has 3 nitrogen and oxygen atoms in total. The number of amidine groups is 1. The van der Waals surface area contributed by atoms with Crippen molar-refractivity contribution >= 4 is 17.2 Å². The van der Waals surface area contributed by atoms with Crippen molar-refractivity contribution in [3.05, 3.63) is 59.2 Å². The minimum atomic E-state index is 0.135. The van der Waals surface area contributed by atoms with Crippen LogP contribution in [0.4, 0.5) is 11.4 Å². The summed E-state index contributed by atoms with van der Waals surface area (Å²) >= 11 is 0. The van der Waals surface area contributed by atoms with Gasteiger partial charge in [0.1, 0.15) is 5.84 Å². The van der Waals surface area contributed by atoms with E-state index in [1.807, 2.05) is 13.0 Å². The fraction of sp³-hybridized carbons (Fsp3) is 0.278. The molecule has 0 bridgehead atoms. The van der Waals surface area contributed by atoms with Crippen LogP contribution in [0.1, 0.15) is 29.5 Å². The molecule has 2 aromatic rings. The van der Waals surface area contributed by atoms with Gasteiger partial charge < -0.3 is 10.6 Å². The number of anilines is 2. The molecule has 3 rings (SSSR count). The van der Waals surface area contributed by atoms with Gasteiger partial charge in [-0.15, -0.1) is 0 Å². The lowest BCUT2D eigenvalue weighted by Crippen LogP contribution is -2.19. The van der Waals surface area contributed by atoms with Crippen molar-refractivity contribution in [3.8, 4) is 0 Å². The molecule has 3 N–H and O–H groups in total. The van der Waals surface area contributed by atoms with Gasteiger partial charge in [-0.1, -0.05) is 18.2 Å². The minimum absolute atomic E-state index is 0.135. The van der Waals surface area contributed by atoms with E-state index in [2.05, 4.69) is 41.3 Å². The molecule has 0 aromatic heterocycles. The Kier molecular flexibility index (Phi) is 3.65. The largest absolute Gasteiger partial charge is 0.384 e. The van der Waals surface area contributed by atoms with Crippen LogP contribution in [0, 0.1) is 12.3 Å². The third-order valence-electron chi connectivity index (χ3n) is 4.17. The Balaban J connectivity index is 2.04. The van der Waals surface area contributed by atoms with Crippen LogP contribution in [0.3, 0.4) is 0 Å². The molecule has 1 aliphatic heterocycles. The summed E-state index contributed by atoms with van der Waals surface area (Å²) in [6, 6.07) is 14.8. The van der Waals surface area contributed by atoms with Gasteiger partial charge in [0.15, 0.2) is 0 Å². The summed E-state index contributed by atoms with van der Waals surface area (Å²) in [5.74, 6) is 0.135. The van der Waals surface area contributed by atoms with Crippen LogP contribution in [0.25, 0.3) is 0 Å². The zero-order valence-corrected chi connectivity index (χ0v) is 12.4. The van der Waals surface area contributed by atoms with Crippen molar-refractivity contribution in [2.75, 3.05) is 11.4 Å². The van der Waals surface area contributed by atoms with Crippen LogP contribution in [0.15, 0.2) is 42.5 Å². The third-order valence-corrected chi connectivity index (χ3v) is 4.17. The number of hydrogen-bond donors (Lipinski definition) is 2. The Hall–Kier alpha value is -2.29. The van der Waals surface area contributed by atoms with Crippen molar-refractivity contribution in [1.29, 1.82) is 5.41 Å². The fourth-order valence-corrected chi connectivity index (χ4v) is 3.08. The normalized spacial score (nSPS) is 14.4. The molecule has 0 atom stereocenters. The van der Waals surface area contributed by atoms with Crippen LogP contribution in [0.2, 0.25) is 0 Å². The number of nitrogen functional groups attached to an aromatic ring is 1. The number of nitrogens with two attached hydrogens (primary N) is 1. The SMILES string of the molecule is Cc1cc(N2CCCCc3ccccc32)ccc1C(=N)N.